The molecule has 0 radical (unpaired) electrons. The van der Waals surface area contributed by atoms with E-state index >= 15 is 0 Å². The van der Waals surface area contributed by atoms with E-state index in [1.165, 1.54) is 0 Å². The first-order chi connectivity index (χ1) is 17.8. The summed E-state index contributed by atoms with van der Waals surface area (Å²) < 4.78 is 11.3. The van der Waals surface area contributed by atoms with Crippen LogP contribution >= 0.6 is 0 Å². The van der Waals surface area contributed by atoms with Gasteiger partial charge in [0.05, 0.1) is 5.66 Å². The van der Waals surface area contributed by atoms with Gasteiger partial charge in [0.2, 0.25) is 5.91 Å². The van der Waals surface area contributed by atoms with Gasteiger partial charge in [0.15, 0.2) is 0 Å². The van der Waals surface area contributed by atoms with E-state index in [-0.39, 0.29) is 26.3 Å². The maximum atomic E-state index is 11.3. The highest BCUT2D eigenvalue weighted by Gasteiger charge is 2.25. The number of ether oxygens (including phenoxy) is 2. The number of para-hydroxylation sites is 2. The SMILES string of the molecule is CC(CCc1ccc(C(N)=O)cc1)(NC[C@H](O)COc1ccccc1)NC[C@H](O)COc1ccccc1. The molecule has 0 saturated heterocycles. The van der Waals surface area contributed by atoms with Gasteiger partial charge >= 0.3 is 0 Å². The van der Waals surface area contributed by atoms with Crippen molar-refractivity contribution < 1.29 is 24.5 Å². The maximum Gasteiger partial charge on any atom is 0.248 e. The smallest absolute Gasteiger partial charge is 0.248 e. The Morgan fingerprint density at radius 3 is 1.70 bits per heavy atom. The second-order valence-electron chi connectivity index (χ2n) is 9.21. The fourth-order valence-corrected chi connectivity index (χ4v) is 3.69. The minimum absolute atomic E-state index is 0.148. The molecule has 3 aromatic rings. The number of aryl methyl sites for hydroxylation is 1. The molecule has 0 aliphatic rings. The van der Waals surface area contributed by atoms with Gasteiger partial charge in [-0.3, -0.25) is 15.4 Å². The molecule has 3 aromatic carbocycles. The number of benzene rings is 3. The van der Waals surface area contributed by atoms with Gasteiger partial charge in [-0.1, -0.05) is 48.5 Å². The number of hydrogen-bond donors (Lipinski definition) is 5. The highest BCUT2D eigenvalue weighted by atomic mass is 16.5. The molecular formula is C29H37N3O5. The summed E-state index contributed by atoms with van der Waals surface area (Å²) in [4.78, 5) is 11.3. The Balaban J connectivity index is 1.54. The van der Waals surface area contributed by atoms with E-state index in [2.05, 4.69) is 10.6 Å². The van der Waals surface area contributed by atoms with Gasteiger partial charge in [-0.15, -0.1) is 0 Å². The minimum Gasteiger partial charge on any atom is -0.491 e. The molecule has 1 amide bonds. The molecule has 3 rings (SSSR count). The molecule has 0 fully saturated rings. The number of aliphatic hydroxyl groups excluding tert-OH is 2. The van der Waals surface area contributed by atoms with Crippen molar-refractivity contribution in [2.45, 2.75) is 37.6 Å². The van der Waals surface area contributed by atoms with Crippen molar-refractivity contribution in [2.75, 3.05) is 26.3 Å². The second-order valence-corrected chi connectivity index (χ2v) is 9.21. The number of nitrogens with one attached hydrogen (secondary N) is 2. The van der Waals surface area contributed by atoms with Crippen LogP contribution in [0.5, 0.6) is 11.5 Å². The van der Waals surface area contributed by atoms with Crippen LogP contribution in [0.3, 0.4) is 0 Å². The highest BCUT2D eigenvalue weighted by Crippen LogP contribution is 2.15. The van der Waals surface area contributed by atoms with Crippen molar-refractivity contribution in [1.29, 1.82) is 0 Å². The van der Waals surface area contributed by atoms with E-state index in [1.54, 1.807) is 12.1 Å². The Morgan fingerprint density at radius 2 is 1.27 bits per heavy atom. The summed E-state index contributed by atoms with van der Waals surface area (Å²) in [6.07, 6.45) is -0.116. The molecule has 8 nitrogen and oxygen atoms in total. The van der Waals surface area contributed by atoms with Crippen molar-refractivity contribution in [3.05, 3.63) is 96.1 Å². The standard InChI is InChI=1S/C29H37N3O5/c1-29(17-16-22-12-14-23(15-13-22)28(30)35,31-18-24(33)20-36-26-8-4-2-5-9-26)32-19-25(34)21-37-27-10-6-3-7-11-27/h2-15,24-25,31-34H,16-21H2,1H3,(H2,30,35)/t24-,25-/m0/s1. The van der Waals surface area contributed by atoms with Crippen LogP contribution in [0.25, 0.3) is 0 Å². The van der Waals surface area contributed by atoms with Gasteiger partial charge in [-0.25, -0.2) is 0 Å². The molecule has 0 spiro atoms. The number of hydrogen-bond acceptors (Lipinski definition) is 7. The number of rotatable bonds is 16. The van der Waals surface area contributed by atoms with Gasteiger partial charge in [0, 0.05) is 18.7 Å². The number of carbonyl (C=O) groups is 1. The molecule has 198 valence electrons. The lowest BCUT2D eigenvalue weighted by atomic mass is 9.99. The maximum absolute atomic E-state index is 11.3. The Labute approximate surface area is 218 Å². The lowest BCUT2D eigenvalue weighted by Crippen LogP contribution is -2.58. The summed E-state index contributed by atoms with van der Waals surface area (Å²) in [5.74, 6) is 0.935. The lowest BCUT2D eigenvalue weighted by Gasteiger charge is -2.34. The zero-order chi connectivity index (χ0) is 26.5. The molecule has 8 heteroatoms. The summed E-state index contributed by atoms with van der Waals surface area (Å²) in [5, 5.41) is 27.8. The van der Waals surface area contributed by atoms with Crippen molar-refractivity contribution >= 4 is 5.91 Å². The summed E-state index contributed by atoms with van der Waals surface area (Å²) in [6.45, 7) is 2.85. The number of amides is 1. The fraction of sp³-hybridized carbons (Fsp3) is 0.345. The van der Waals surface area contributed by atoms with E-state index in [1.807, 2.05) is 79.7 Å². The molecule has 2 atom stereocenters. The van der Waals surface area contributed by atoms with Crippen molar-refractivity contribution in [2.24, 2.45) is 5.73 Å². The Bertz CT molecular complexity index is 1010. The zero-order valence-corrected chi connectivity index (χ0v) is 21.2. The van der Waals surface area contributed by atoms with Crippen LogP contribution < -0.4 is 25.8 Å². The van der Waals surface area contributed by atoms with Gasteiger partial charge in [-0.05, 0) is 61.7 Å². The average molecular weight is 508 g/mol. The topological polar surface area (TPSA) is 126 Å². The second kappa shape index (κ2) is 14.3. The third kappa shape index (κ3) is 10.2. The predicted octanol–water partition coefficient (Wildman–Crippen LogP) is 2.49. The van der Waals surface area contributed by atoms with E-state index in [4.69, 9.17) is 15.2 Å². The third-order valence-electron chi connectivity index (χ3n) is 5.98. The van der Waals surface area contributed by atoms with Crippen LogP contribution in [0.2, 0.25) is 0 Å². The van der Waals surface area contributed by atoms with Gasteiger partial charge in [0.1, 0.15) is 36.9 Å². The third-order valence-corrected chi connectivity index (χ3v) is 5.98. The summed E-state index contributed by atoms with van der Waals surface area (Å²) in [6, 6.07) is 25.9. The van der Waals surface area contributed by atoms with E-state index in [0.29, 0.717) is 29.9 Å². The normalized spacial score (nSPS) is 13.1. The molecule has 6 N–H and O–H groups in total. The van der Waals surface area contributed by atoms with Crippen molar-refractivity contribution in [1.82, 2.24) is 10.6 Å². The van der Waals surface area contributed by atoms with E-state index in [9.17, 15) is 15.0 Å². The molecule has 0 aliphatic heterocycles. The monoisotopic (exact) mass is 507 g/mol. The summed E-state index contributed by atoms with van der Waals surface area (Å²) in [7, 11) is 0. The predicted molar refractivity (Wildman–Crippen MR) is 144 cm³/mol. The fourth-order valence-electron chi connectivity index (χ4n) is 3.69. The number of primary amides is 1. The van der Waals surface area contributed by atoms with Crippen molar-refractivity contribution in [3.63, 3.8) is 0 Å². The Kier molecular flexibility index (Phi) is 10.9. The first-order valence-electron chi connectivity index (χ1n) is 12.4. The van der Waals surface area contributed by atoms with Gasteiger partial charge in [-0.2, -0.15) is 0 Å². The first-order valence-corrected chi connectivity index (χ1v) is 12.4. The summed E-state index contributed by atoms with van der Waals surface area (Å²) in [5.41, 5.74) is 6.24. The summed E-state index contributed by atoms with van der Waals surface area (Å²) >= 11 is 0. The van der Waals surface area contributed by atoms with Crippen LogP contribution in [0, 0.1) is 0 Å². The molecule has 0 aliphatic carbocycles. The Morgan fingerprint density at radius 1 is 0.811 bits per heavy atom. The minimum atomic E-state index is -0.734. The van der Waals surface area contributed by atoms with Crippen LogP contribution in [-0.2, 0) is 6.42 Å². The highest BCUT2D eigenvalue weighted by molar-refractivity contribution is 5.92. The van der Waals surface area contributed by atoms with Crippen LogP contribution in [0.15, 0.2) is 84.9 Å². The molecule has 0 bridgehead atoms. The lowest BCUT2D eigenvalue weighted by molar-refractivity contribution is 0.0772. The van der Waals surface area contributed by atoms with E-state index in [0.717, 1.165) is 5.56 Å². The molecule has 37 heavy (non-hydrogen) atoms. The first kappa shape index (κ1) is 28.1. The van der Waals surface area contributed by atoms with Gasteiger partial charge in [0.25, 0.3) is 0 Å². The van der Waals surface area contributed by atoms with Crippen LogP contribution in [0.4, 0.5) is 0 Å². The molecule has 0 aromatic heterocycles. The molecule has 0 saturated carbocycles. The average Bonchev–Trinajstić information content (AvgIpc) is 2.93. The zero-order valence-electron chi connectivity index (χ0n) is 21.2. The van der Waals surface area contributed by atoms with Gasteiger partial charge < -0.3 is 25.4 Å². The van der Waals surface area contributed by atoms with Crippen LogP contribution in [-0.4, -0.2) is 60.3 Å². The molecular weight excluding hydrogens is 470 g/mol. The van der Waals surface area contributed by atoms with E-state index < -0.39 is 23.8 Å². The number of carbonyl (C=O) groups excluding carboxylic acids is 1. The Hall–Kier alpha value is -3.43. The largest absolute Gasteiger partial charge is 0.491 e. The number of nitrogens with two attached hydrogens (primary N) is 1. The quantitative estimate of drug-likeness (QED) is 0.189. The van der Waals surface area contributed by atoms with Crippen molar-refractivity contribution in [3.8, 4) is 11.5 Å². The molecule has 0 unspecified atom stereocenters. The number of aliphatic hydroxyl groups is 2. The van der Waals surface area contributed by atoms with Crippen LogP contribution in [0.1, 0.15) is 29.3 Å². The molecule has 0 heterocycles.